The summed E-state index contributed by atoms with van der Waals surface area (Å²) in [5.74, 6) is 0. The zero-order valence-electron chi connectivity index (χ0n) is 24.9. The largest absolute Gasteiger partial charge is 0.361 e. The van der Waals surface area contributed by atoms with E-state index in [1.54, 1.807) is 48.5 Å². The van der Waals surface area contributed by atoms with Gasteiger partial charge in [-0.2, -0.15) is 0 Å². The molecule has 11 heteroatoms. The zero-order valence-corrected chi connectivity index (χ0v) is 28.1. The van der Waals surface area contributed by atoms with E-state index in [0.717, 1.165) is 48.8 Å². The van der Waals surface area contributed by atoms with E-state index < -0.39 is 19.7 Å². The average molecular weight is 702 g/mol. The van der Waals surface area contributed by atoms with Gasteiger partial charge in [-0.05, 0) is 121 Å². The van der Waals surface area contributed by atoms with Gasteiger partial charge in [0.1, 0.15) is 0 Å². The van der Waals surface area contributed by atoms with Crippen LogP contribution in [0.1, 0.15) is 11.1 Å². The predicted molar refractivity (Wildman–Crippen MR) is 184 cm³/mol. The second-order valence-corrected chi connectivity index (χ2v) is 15.2. The van der Waals surface area contributed by atoms with Gasteiger partial charge >= 0.3 is 0 Å². The quantitative estimate of drug-likeness (QED) is 0.187. The van der Waals surface area contributed by atoms with Crippen molar-refractivity contribution in [1.82, 2.24) is 9.55 Å². The molecule has 2 aromatic heterocycles. The van der Waals surface area contributed by atoms with E-state index in [-0.39, 0.29) is 0 Å². The molecule has 0 saturated heterocycles. The maximum Gasteiger partial charge on any atom is 0.190 e. The van der Waals surface area contributed by atoms with E-state index in [2.05, 4.69) is 30.6 Å². The molecule has 45 heavy (non-hydrogen) atoms. The zero-order chi connectivity index (χ0) is 32.9. The number of fused-ring (bicyclic) bond motifs is 2. The summed E-state index contributed by atoms with van der Waals surface area (Å²) in [4.78, 5) is 10.7. The number of sulfone groups is 2. The van der Waals surface area contributed by atoms with Gasteiger partial charge in [0.05, 0.1) is 28.5 Å². The van der Waals surface area contributed by atoms with Crippen molar-refractivity contribution in [2.24, 2.45) is 0 Å². The molecule has 0 fully saturated rings. The average Bonchev–Trinajstić information content (AvgIpc) is 3.62. The lowest BCUT2D eigenvalue weighted by atomic mass is 10.1. The summed E-state index contributed by atoms with van der Waals surface area (Å²) in [6.45, 7) is 18.0. The van der Waals surface area contributed by atoms with E-state index in [1.165, 1.54) is 12.5 Å². The molecule has 6 aromatic rings. The molecule has 0 radical (unpaired) electrons. The number of hydrogen-bond acceptors (Lipinski definition) is 4. The van der Waals surface area contributed by atoms with Crippen molar-refractivity contribution in [2.75, 3.05) is 12.5 Å². The van der Waals surface area contributed by atoms with E-state index >= 15 is 0 Å². The van der Waals surface area contributed by atoms with Crippen LogP contribution in [0.3, 0.4) is 0 Å². The van der Waals surface area contributed by atoms with Crippen LogP contribution in [0.4, 0.5) is 11.4 Å². The van der Waals surface area contributed by atoms with Crippen LogP contribution in [0, 0.1) is 27.0 Å². The molecule has 0 saturated carbocycles. The summed E-state index contributed by atoms with van der Waals surface area (Å²) in [6.07, 6.45) is 6.20. The SMILES string of the molecule is CS(=O)(=O)c1ccc(Br)cc1.[C-]#[N+]c1cc2cc[nH]c2cc1C.[C-]#[N+]c1cc2ccn(-c3ccc(S(C)(=O)=O)cc3)c2cc1C. The fraction of sp³-hybridized carbons (Fsp3) is 0.118. The summed E-state index contributed by atoms with van der Waals surface area (Å²) in [7, 11) is -6.23. The predicted octanol–water partition coefficient (Wildman–Crippen LogP) is 8.77. The van der Waals surface area contributed by atoms with Crippen molar-refractivity contribution < 1.29 is 16.8 Å². The monoisotopic (exact) mass is 700 g/mol. The normalized spacial score (nSPS) is 11.1. The van der Waals surface area contributed by atoms with Crippen molar-refractivity contribution in [3.63, 3.8) is 0 Å². The molecule has 6 rings (SSSR count). The Hall–Kier alpha value is -4.68. The summed E-state index contributed by atoms with van der Waals surface area (Å²) in [6, 6.07) is 25.0. The molecular formula is C34H29BrN4O4S2. The Bertz CT molecular complexity index is 2310. The lowest BCUT2D eigenvalue weighted by Crippen LogP contribution is -1.98. The van der Waals surface area contributed by atoms with Gasteiger partial charge in [-0.1, -0.05) is 15.9 Å². The molecule has 0 aliphatic rings. The number of aromatic amines is 1. The fourth-order valence-electron chi connectivity index (χ4n) is 4.47. The molecule has 2 heterocycles. The Morgan fingerprint density at radius 2 is 1.20 bits per heavy atom. The molecule has 0 aliphatic heterocycles. The van der Waals surface area contributed by atoms with Gasteiger partial charge in [-0.15, -0.1) is 0 Å². The van der Waals surface area contributed by atoms with Gasteiger partial charge in [-0.3, -0.25) is 0 Å². The minimum Gasteiger partial charge on any atom is -0.361 e. The van der Waals surface area contributed by atoms with Gasteiger partial charge in [0, 0.05) is 40.6 Å². The van der Waals surface area contributed by atoms with Crippen LogP contribution in [0.25, 0.3) is 37.2 Å². The highest BCUT2D eigenvalue weighted by atomic mass is 79.9. The van der Waals surface area contributed by atoms with Crippen LogP contribution in [0.15, 0.2) is 112 Å². The van der Waals surface area contributed by atoms with Crippen molar-refractivity contribution in [1.29, 1.82) is 0 Å². The highest BCUT2D eigenvalue weighted by molar-refractivity contribution is 9.10. The Balaban J connectivity index is 0.000000169. The maximum absolute atomic E-state index is 11.5. The fourth-order valence-corrected chi connectivity index (χ4v) is 6.00. The van der Waals surface area contributed by atoms with Gasteiger partial charge in [0.2, 0.25) is 0 Å². The third-order valence-corrected chi connectivity index (χ3v) is 9.69. The number of rotatable bonds is 3. The van der Waals surface area contributed by atoms with E-state index in [9.17, 15) is 16.8 Å². The number of benzene rings is 4. The Kier molecular flexibility index (Phi) is 9.99. The van der Waals surface area contributed by atoms with Gasteiger partial charge in [0.15, 0.2) is 31.0 Å². The molecule has 8 nitrogen and oxygen atoms in total. The minimum absolute atomic E-state index is 0.305. The van der Waals surface area contributed by atoms with Crippen LogP contribution in [-0.4, -0.2) is 38.9 Å². The van der Waals surface area contributed by atoms with Crippen molar-refractivity contribution in [3.8, 4) is 5.69 Å². The number of hydrogen-bond donors (Lipinski definition) is 1. The van der Waals surface area contributed by atoms with Gasteiger partial charge in [-0.25, -0.2) is 26.5 Å². The molecule has 0 spiro atoms. The molecule has 1 N–H and O–H groups in total. The molecule has 228 valence electrons. The Labute approximate surface area is 271 Å². The summed E-state index contributed by atoms with van der Waals surface area (Å²) in [5, 5.41) is 2.09. The van der Waals surface area contributed by atoms with Gasteiger partial charge < -0.3 is 9.55 Å². The minimum atomic E-state index is -3.19. The van der Waals surface area contributed by atoms with Crippen molar-refractivity contribution in [2.45, 2.75) is 23.6 Å². The second kappa shape index (κ2) is 13.5. The van der Waals surface area contributed by atoms with E-state index in [1.807, 2.05) is 67.2 Å². The summed E-state index contributed by atoms with van der Waals surface area (Å²) in [5.41, 5.74) is 6.32. The molecule has 0 amide bonds. The van der Waals surface area contributed by atoms with E-state index in [0.29, 0.717) is 15.5 Å². The van der Waals surface area contributed by atoms with Crippen LogP contribution < -0.4 is 0 Å². The van der Waals surface area contributed by atoms with E-state index in [4.69, 9.17) is 13.1 Å². The number of nitrogens with one attached hydrogen (secondary N) is 1. The van der Waals surface area contributed by atoms with Crippen LogP contribution in [-0.2, 0) is 19.7 Å². The lowest BCUT2D eigenvalue weighted by Gasteiger charge is -2.08. The maximum atomic E-state index is 11.5. The topological polar surface area (TPSA) is 97.7 Å². The van der Waals surface area contributed by atoms with Crippen LogP contribution in [0.2, 0.25) is 0 Å². The first-order valence-electron chi connectivity index (χ1n) is 13.4. The first-order valence-corrected chi connectivity index (χ1v) is 18.0. The Morgan fingerprint density at radius 1 is 0.689 bits per heavy atom. The summed E-state index contributed by atoms with van der Waals surface area (Å²) >= 11 is 3.22. The van der Waals surface area contributed by atoms with Crippen molar-refractivity contribution in [3.05, 3.63) is 136 Å². The molecular weight excluding hydrogens is 672 g/mol. The lowest BCUT2D eigenvalue weighted by molar-refractivity contribution is 0.600. The highest BCUT2D eigenvalue weighted by Gasteiger charge is 2.10. The number of H-pyrrole nitrogens is 1. The molecule has 0 aliphatic carbocycles. The first kappa shape index (κ1) is 33.2. The van der Waals surface area contributed by atoms with Crippen LogP contribution in [0.5, 0.6) is 0 Å². The molecule has 0 bridgehead atoms. The number of aryl methyl sites for hydroxylation is 2. The molecule has 0 atom stereocenters. The number of aromatic nitrogens is 2. The summed E-state index contributed by atoms with van der Waals surface area (Å²) < 4.78 is 47.8. The second-order valence-electron chi connectivity index (χ2n) is 10.3. The van der Waals surface area contributed by atoms with Gasteiger partial charge in [0.25, 0.3) is 0 Å². The first-order chi connectivity index (χ1) is 21.2. The van der Waals surface area contributed by atoms with Crippen LogP contribution >= 0.6 is 15.9 Å². The highest BCUT2D eigenvalue weighted by Crippen LogP contribution is 2.29. The molecule has 4 aromatic carbocycles. The molecule has 0 unspecified atom stereocenters. The third kappa shape index (κ3) is 8.08. The Morgan fingerprint density at radius 3 is 1.73 bits per heavy atom. The third-order valence-electron chi connectivity index (χ3n) is 6.90. The number of halogens is 1. The standard InChI is InChI=1S/C17H14N2O2S.C10H8N2.C7H7BrO2S/c1-12-10-17-13(11-16(12)18-2)8-9-19(17)14-4-6-15(7-5-14)22(3,20)21;1-7-5-10-8(3-4-12-10)6-9(7)11-2;1-11(9,10)7-4-2-6(8)3-5-7/h4-11H,1,3H3;3-6,12H,1H3;2-5H,1H3. The van der Waals surface area contributed by atoms with Crippen molar-refractivity contribution >= 4 is 68.8 Å². The number of nitrogens with zero attached hydrogens (tertiary/aromatic N) is 3. The smallest absolute Gasteiger partial charge is 0.190 e.